The van der Waals surface area contributed by atoms with Crippen LogP contribution in [0.25, 0.3) is 0 Å². The van der Waals surface area contributed by atoms with Crippen molar-refractivity contribution < 1.29 is 0 Å². The molecule has 0 unspecified atom stereocenters. The van der Waals surface area contributed by atoms with Crippen molar-refractivity contribution >= 4 is 11.6 Å². The molecule has 0 aliphatic heterocycles. The molecule has 4 heteroatoms. The molecular weight excluding hydrogens is 272 g/mol. The first-order chi connectivity index (χ1) is 10.8. The number of hydrogen-bond donors (Lipinski definition) is 2. The van der Waals surface area contributed by atoms with Gasteiger partial charge in [-0.05, 0) is 38.2 Å². The fraction of sp³-hybridized carbons (Fsp3) is 0.444. The summed E-state index contributed by atoms with van der Waals surface area (Å²) < 4.78 is 0. The molecule has 2 saturated carbocycles. The van der Waals surface area contributed by atoms with Gasteiger partial charge >= 0.3 is 0 Å². The zero-order valence-corrected chi connectivity index (χ0v) is 13.0. The number of anilines is 2. The maximum absolute atomic E-state index is 4.78. The van der Waals surface area contributed by atoms with Crippen LogP contribution in [-0.2, 0) is 6.54 Å². The Labute approximate surface area is 131 Å². The lowest BCUT2D eigenvalue weighted by molar-refractivity contribution is 0.905. The smallest absolute Gasteiger partial charge is 0.136 e. The summed E-state index contributed by atoms with van der Waals surface area (Å²) in [4.78, 5) is 9.54. The van der Waals surface area contributed by atoms with Gasteiger partial charge < -0.3 is 10.6 Å². The molecule has 2 fully saturated rings. The molecule has 0 spiro atoms. The van der Waals surface area contributed by atoms with Crippen molar-refractivity contribution in [2.75, 3.05) is 10.6 Å². The van der Waals surface area contributed by atoms with Crippen LogP contribution in [0.3, 0.4) is 0 Å². The minimum absolute atomic E-state index is 0.567. The van der Waals surface area contributed by atoms with Crippen LogP contribution in [0.4, 0.5) is 11.6 Å². The number of aromatic nitrogens is 2. The van der Waals surface area contributed by atoms with Gasteiger partial charge in [0.2, 0.25) is 0 Å². The molecular formula is C18H22N4. The third-order valence-electron chi connectivity index (χ3n) is 4.33. The molecule has 0 amide bonds. The van der Waals surface area contributed by atoms with Crippen LogP contribution in [0.1, 0.15) is 48.6 Å². The van der Waals surface area contributed by atoms with E-state index in [9.17, 15) is 0 Å². The number of rotatable bonds is 6. The molecule has 2 aromatic rings. The minimum Gasteiger partial charge on any atom is -0.367 e. The van der Waals surface area contributed by atoms with E-state index in [4.69, 9.17) is 9.97 Å². The summed E-state index contributed by atoms with van der Waals surface area (Å²) in [6.45, 7) is 2.90. The summed E-state index contributed by atoms with van der Waals surface area (Å²) in [5.74, 6) is 3.57. The van der Waals surface area contributed by atoms with Gasteiger partial charge in [-0.1, -0.05) is 30.3 Å². The van der Waals surface area contributed by atoms with Crippen LogP contribution in [0.15, 0.2) is 30.3 Å². The molecule has 1 heterocycles. The van der Waals surface area contributed by atoms with Gasteiger partial charge in [-0.2, -0.15) is 0 Å². The zero-order chi connectivity index (χ0) is 14.9. The van der Waals surface area contributed by atoms with E-state index >= 15 is 0 Å². The molecule has 0 bridgehead atoms. The van der Waals surface area contributed by atoms with E-state index in [-0.39, 0.29) is 0 Å². The molecule has 0 saturated heterocycles. The summed E-state index contributed by atoms with van der Waals surface area (Å²) >= 11 is 0. The Hall–Kier alpha value is -2.10. The SMILES string of the molecule is Cc1c(NCc2ccccc2)nc(C2CC2)nc1NC1CC1. The highest BCUT2D eigenvalue weighted by molar-refractivity contribution is 5.58. The second-order valence-electron chi connectivity index (χ2n) is 6.44. The molecule has 4 nitrogen and oxygen atoms in total. The average Bonchev–Trinajstić information content (AvgIpc) is 3.42. The lowest BCUT2D eigenvalue weighted by atomic mass is 10.2. The number of nitrogens with zero attached hydrogens (tertiary/aromatic N) is 2. The maximum atomic E-state index is 4.78. The zero-order valence-electron chi connectivity index (χ0n) is 13.0. The molecule has 2 aliphatic rings. The second-order valence-corrected chi connectivity index (χ2v) is 6.44. The Balaban J connectivity index is 1.57. The van der Waals surface area contributed by atoms with Gasteiger partial charge in [-0.15, -0.1) is 0 Å². The van der Waals surface area contributed by atoms with E-state index in [1.807, 2.05) is 6.07 Å². The first-order valence-corrected chi connectivity index (χ1v) is 8.22. The van der Waals surface area contributed by atoms with Crippen molar-refractivity contribution in [1.29, 1.82) is 0 Å². The van der Waals surface area contributed by atoms with Gasteiger partial charge in [0.25, 0.3) is 0 Å². The van der Waals surface area contributed by atoms with E-state index in [1.54, 1.807) is 0 Å². The second kappa shape index (κ2) is 5.59. The summed E-state index contributed by atoms with van der Waals surface area (Å²) in [6.07, 6.45) is 4.97. The summed E-state index contributed by atoms with van der Waals surface area (Å²) in [6, 6.07) is 11.1. The van der Waals surface area contributed by atoms with E-state index in [0.29, 0.717) is 12.0 Å². The van der Waals surface area contributed by atoms with Crippen LogP contribution < -0.4 is 10.6 Å². The highest BCUT2D eigenvalue weighted by Crippen LogP contribution is 2.40. The molecule has 2 aliphatic carbocycles. The quantitative estimate of drug-likeness (QED) is 0.849. The molecule has 114 valence electrons. The van der Waals surface area contributed by atoms with Crippen molar-refractivity contribution in [2.24, 2.45) is 0 Å². The summed E-state index contributed by atoms with van der Waals surface area (Å²) in [5, 5.41) is 7.05. The van der Waals surface area contributed by atoms with Crippen molar-refractivity contribution in [1.82, 2.24) is 9.97 Å². The minimum atomic E-state index is 0.567. The van der Waals surface area contributed by atoms with Crippen molar-refractivity contribution in [3.63, 3.8) is 0 Å². The normalized spacial score (nSPS) is 17.3. The predicted octanol–water partition coefficient (Wildman–Crippen LogP) is 3.85. The molecule has 0 radical (unpaired) electrons. The fourth-order valence-electron chi connectivity index (χ4n) is 2.57. The van der Waals surface area contributed by atoms with E-state index in [1.165, 1.54) is 31.2 Å². The third-order valence-corrected chi connectivity index (χ3v) is 4.33. The van der Waals surface area contributed by atoms with E-state index in [2.05, 4.69) is 41.8 Å². The van der Waals surface area contributed by atoms with Crippen LogP contribution in [0.2, 0.25) is 0 Å². The average molecular weight is 294 g/mol. The van der Waals surface area contributed by atoms with Crippen LogP contribution in [0, 0.1) is 6.92 Å². The van der Waals surface area contributed by atoms with Crippen LogP contribution >= 0.6 is 0 Å². The fourth-order valence-corrected chi connectivity index (χ4v) is 2.57. The van der Waals surface area contributed by atoms with Crippen LogP contribution in [-0.4, -0.2) is 16.0 Å². The third kappa shape index (κ3) is 3.06. The highest BCUT2D eigenvalue weighted by Gasteiger charge is 2.29. The van der Waals surface area contributed by atoms with Gasteiger partial charge in [0, 0.05) is 24.1 Å². The lowest BCUT2D eigenvalue weighted by Gasteiger charge is -2.15. The number of hydrogen-bond acceptors (Lipinski definition) is 4. The first kappa shape index (κ1) is 13.6. The van der Waals surface area contributed by atoms with Gasteiger partial charge in [0.05, 0.1) is 0 Å². The Morgan fingerprint density at radius 1 is 1.00 bits per heavy atom. The van der Waals surface area contributed by atoms with Gasteiger partial charge in [-0.25, -0.2) is 9.97 Å². The molecule has 1 aromatic heterocycles. The Morgan fingerprint density at radius 3 is 2.41 bits per heavy atom. The van der Waals surface area contributed by atoms with Crippen molar-refractivity contribution in [3.8, 4) is 0 Å². The van der Waals surface area contributed by atoms with E-state index < -0.39 is 0 Å². The van der Waals surface area contributed by atoms with Gasteiger partial charge in [0.1, 0.15) is 17.5 Å². The first-order valence-electron chi connectivity index (χ1n) is 8.22. The summed E-state index contributed by atoms with van der Waals surface area (Å²) in [7, 11) is 0. The largest absolute Gasteiger partial charge is 0.367 e. The Bertz CT molecular complexity index is 660. The molecule has 0 atom stereocenters. The van der Waals surface area contributed by atoms with E-state index in [0.717, 1.165) is 29.6 Å². The lowest BCUT2D eigenvalue weighted by Crippen LogP contribution is -2.12. The molecule has 22 heavy (non-hydrogen) atoms. The molecule has 1 aromatic carbocycles. The Kier molecular flexibility index (Phi) is 3.45. The predicted molar refractivity (Wildman–Crippen MR) is 89.2 cm³/mol. The van der Waals surface area contributed by atoms with Gasteiger partial charge in [-0.3, -0.25) is 0 Å². The van der Waals surface area contributed by atoms with Gasteiger partial charge in [0.15, 0.2) is 0 Å². The summed E-state index contributed by atoms with van der Waals surface area (Å²) in [5.41, 5.74) is 2.40. The van der Waals surface area contributed by atoms with Crippen molar-refractivity contribution in [3.05, 3.63) is 47.3 Å². The van der Waals surface area contributed by atoms with Crippen LogP contribution in [0.5, 0.6) is 0 Å². The van der Waals surface area contributed by atoms with Crippen molar-refractivity contribution in [2.45, 2.75) is 51.1 Å². The number of benzene rings is 1. The molecule has 2 N–H and O–H groups in total. The maximum Gasteiger partial charge on any atom is 0.136 e. The highest BCUT2D eigenvalue weighted by atomic mass is 15.1. The Morgan fingerprint density at radius 2 is 1.73 bits per heavy atom. The monoisotopic (exact) mass is 294 g/mol. The number of nitrogens with one attached hydrogen (secondary N) is 2. The molecule has 4 rings (SSSR count). The standard InChI is InChI=1S/C18H22N4/c1-12-16(19-11-13-5-3-2-4-6-13)21-18(14-7-8-14)22-17(12)20-15-9-10-15/h2-6,14-15H,7-11H2,1H3,(H2,19,20,21,22). The topological polar surface area (TPSA) is 49.8 Å².